The molecule has 0 N–H and O–H groups in total. The molecule has 16 heavy (non-hydrogen) atoms. The van der Waals surface area contributed by atoms with Crippen LogP contribution in [0, 0.1) is 17.3 Å². The van der Waals surface area contributed by atoms with E-state index < -0.39 is 9.84 Å². The topological polar surface area (TPSA) is 34.1 Å². The Labute approximate surface area is 104 Å². The second kappa shape index (κ2) is 4.49. The van der Waals surface area contributed by atoms with Gasteiger partial charge in [-0.1, -0.05) is 13.3 Å². The summed E-state index contributed by atoms with van der Waals surface area (Å²) in [5, 5.41) is 0. The van der Waals surface area contributed by atoms with Gasteiger partial charge in [0.2, 0.25) is 0 Å². The van der Waals surface area contributed by atoms with Crippen LogP contribution in [0.25, 0.3) is 0 Å². The second-order valence-corrected chi connectivity index (χ2v) is 8.30. The van der Waals surface area contributed by atoms with Crippen LogP contribution in [0.15, 0.2) is 0 Å². The minimum atomic E-state index is -2.83. The van der Waals surface area contributed by atoms with E-state index in [0.29, 0.717) is 17.6 Å². The fraction of sp³-hybridized carbons (Fsp3) is 1.00. The Hall–Kier alpha value is 0.240. The smallest absolute Gasteiger partial charge is 0.150 e. The van der Waals surface area contributed by atoms with Crippen LogP contribution in [0.5, 0.6) is 0 Å². The first-order chi connectivity index (χ1) is 7.51. The average molecular weight is 265 g/mol. The van der Waals surface area contributed by atoms with E-state index in [0.717, 1.165) is 12.3 Å². The number of alkyl halides is 1. The third-order valence-electron chi connectivity index (χ3n) is 4.72. The molecule has 4 heteroatoms. The van der Waals surface area contributed by atoms with Crippen LogP contribution < -0.4 is 0 Å². The van der Waals surface area contributed by atoms with E-state index in [1.54, 1.807) is 6.92 Å². The van der Waals surface area contributed by atoms with Gasteiger partial charge in [0.15, 0.2) is 0 Å². The normalized spacial score (nSPS) is 38.1. The van der Waals surface area contributed by atoms with Crippen LogP contribution in [-0.4, -0.2) is 25.8 Å². The molecule has 2 aliphatic carbocycles. The molecule has 0 saturated heterocycles. The highest BCUT2D eigenvalue weighted by atomic mass is 35.5. The Morgan fingerprint density at radius 1 is 1.38 bits per heavy atom. The molecule has 0 aromatic carbocycles. The highest BCUT2D eigenvalue weighted by Crippen LogP contribution is 2.58. The van der Waals surface area contributed by atoms with Gasteiger partial charge in [-0.15, -0.1) is 11.6 Å². The Morgan fingerprint density at radius 3 is 2.56 bits per heavy atom. The van der Waals surface area contributed by atoms with Crippen molar-refractivity contribution >= 4 is 21.4 Å². The molecule has 3 unspecified atom stereocenters. The Balaban J connectivity index is 2.02. The third kappa shape index (κ3) is 2.26. The van der Waals surface area contributed by atoms with Crippen molar-refractivity contribution in [2.45, 2.75) is 39.0 Å². The van der Waals surface area contributed by atoms with Gasteiger partial charge in [-0.2, -0.15) is 0 Å². The van der Waals surface area contributed by atoms with E-state index in [9.17, 15) is 8.42 Å². The zero-order chi connectivity index (χ0) is 11.8. The Kier molecular flexibility index (Phi) is 3.56. The van der Waals surface area contributed by atoms with Gasteiger partial charge in [-0.3, -0.25) is 0 Å². The first-order valence-electron chi connectivity index (χ1n) is 6.28. The lowest BCUT2D eigenvalue weighted by Crippen LogP contribution is -2.32. The van der Waals surface area contributed by atoms with Crippen molar-refractivity contribution in [3.05, 3.63) is 0 Å². The summed E-state index contributed by atoms with van der Waals surface area (Å²) in [5.74, 6) is 2.77. The molecule has 2 fully saturated rings. The Bertz CT molecular complexity index is 352. The van der Waals surface area contributed by atoms with Gasteiger partial charge in [0.25, 0.3) is 0 Å². The standard InChI is InChI=1S/C12H21ClO2S/c1-2-16(14,15)6-5-12(9-13)8-10-3-4-11(12)7-10/h10-11H,2-9H2,1H3. The molecule has 0 heterocycles. The molecule has 2 saturated carbocycles. The third-order valence-corrected chi connectivity index (χ3v) is 6.96. The summed E-state index contributed by atoms with van der Waals surface area (Å²) < 4.78 is 23.2. The van der Waals surface area contributed by atoms with E-state index in [2.05, 4.69) is 0 Å². The van der Waals surface area contributed by atoms with Gasteiger partial charge < -0.3 is 0 Å². The van der Waals surface area contributed by atoms with Crippen LogP contribution in [0.1, 0.15) is 39.0 Å². The Morgan fingerprint density at radius 2 is 2.12 bits per heavy atom. The maximum absolute atomic E-state index is 11.6. The number of halogens is 1. The number of fused-ring (bicyclic) bond motifs is 2. The van der Waals surface area contributed by atoms with E-state index in [-0.39, 0.29) is 11.2 Å². The van der Waals surface area contributed by atoms with Gasteiger partial charge in [-0.05, 0) is 42.9 Å². The van der Waals surface area contributed by atoms with Crippen molar-refractivity contribution in [3.63, 3.8) is 0 Å². The van der Waals surface area contributed by atoms with Crippen molar-refractivity contribution in [1.82, 2.24) is 0 Å². The van der Waals surface area contributed by atoms with Crippen molar-refractivity contribution in [2.24, 2.45) is 17.3 Å². The van der Waals surface area contributed by atoms with E-state index in [1.807, 2.05) is 0 Å². The van der Waals surface area contributed by atoms with Gasteiger partial charge in [0, 0.05) is 11.6 Å². The molecule has 2 bridgehead atoms. The van der Waals surface area contributed by atoms with Crippen LogP contribution in [0.3, 0.4) is 0 Å². The van der Waals surface area contributed by atoms with Crippen LogP contribution in [0.2, 0.25) is 0 Å². The average Bonchev–Trinajstić information content (AvgIpc) is 2.87. The van der Waals surface area contributed by atoms with Crippen LogP contribution in [-0.2, 0) is 9.84 Å². The molecular weight excluding hydrogens is 244 g/mol. The second-order valence-electron chi connectivity index (χ2n) is 5.56. The molecule has 0 amide bonds. The fourth-order valence-electron chi connectivity index (χ4n) is 3.60. The maximum Gasteiger partial charge on any atom is 0.150 e. The monoisotopic (exact) mass is 264 g/mol. The van der Waals surface area contributed by atoms with Gasteiger partial charge in [0.1, 0.15) is 9.84 Å². The lowest BCUT2D eigenvalue weighted by Gasteiger charge is -2.36. The van der Waals surface area contributed by atoms with E-state index >= 15 is 0 Å². The largest absolute Gasteiger partial charge is 0.229 e. The maximum atomic E-state index is 11.6. The predicted octanol–water partition coefficient (Wildman–Crippen LogP) is 2.86. The molecule has 0 spiro atoms. The van der Waals surface area contributed by atoms with Crippen molar-refractivity contribution in [2.75, 3.05) is 17.4 Å². The van der Waals surface area contributed by atoms with E-state index in [4.69, 9.17) is 11.6 Å². The minimum absolute atomic E-state index is 0.146. The molecule has 0 aliphatic heterocycles. The summed E-state index contributed by atoms with van der Waals surface area (Å²) in [7, 11) is -2.83. The van der Waals surface area contributed by atoms with Crippen molar-refractivity contribution in [1.29, 1.82) is 0 Å². The highest BCUT2D eigenvalue weighted by Gasteiger charge is 2.50. The van der Waals surface area contributed by atoms with Crippen molar-refractivity contribution < 1.29 is 8.42 Å². The molecule has 2 aliphatic rings. The molecule has 94 valence electrons. The van der Waals surface area contributed by atoms with E-state index in [1.165, 1.54) is 25.7 Å². The van der Waals surface area contributed by atoms with Gasteiger partial charge >= 0.3 is 0 Å². The number of sulfone groups is 1. The molecule has 2 rings (SSSR count). The number of hydrogen-bond donors (Lipinski definition) is 0. The lowest BCUT2D eigenvalue weighted by atomic mass is 9.73. The fourth-order valence-corrected chi connectivity index (χ4v) is 5.07. The first-order valence-corrected chi connectivity index (χ1v) is 8.63. The molecule has 0 aromatic heterocycles. The SMILES string of the molecule is CCS(=O)(=O)CCC1(CCl)CC2CCC1C2. The molecule has 3 atom stereocenters. The zero-order valence-corrected chi connectivity index (χ0v) is 11.5. The van der Waals surface area contributed by atoms with Crippen LogP contribution >= 0.6 is 11.6 Å². The summed E-state index contributed by atoms with van der Waals surface area (Å²) in [6.07, 6.45) is 5.85. The highest BCUT2D eigenvalue weighted by molar-refractivity contribution is 7.91. The zero-order valence-electron chi connectivity index (χ0n) is 9.91. The summed E-state index contributed by atoms with van der Waals surface area (Å²) in [6, 6.07) is 0. The summed E-state index contributed by atoms with van der Waals surface area (Å²) in [6.45, 7) is 1.73. The van der Waals surface area contributed by atoms with Gasteiger partial charge in [0.05, 0.1) is 5.75 Å². The first kappa shape index (κ1) is 12.7. The van der Waals surface area contributed by atoms with Crippen molar-refractivity contribution in [3.8, 4) is 0 Å². The summed E-state index contributed by atoms with van der Waals surface area (Å²) >= 11 is 6.14. The molecule has 2 nitrogen and oxygen atoms in total. The number of rotatable bonds is 5. The molecular formula is C12H21ClO2S. The quantitative estimate of drug-likeness (QED) is 0.716. The predicted molar refractivity (Wildman–Crippen MR) is 67.5 cm³/mol. The minimum Gasteiger partial charge on any atom is -0.229 e. The molecule has 0 aromatic rings. The van der Waals surface area contributed by atoms with Gasteiger partial charge in [-0.25, -0.2) is 8.42 Å². The van der Waals surface area contributed by atoms with Crippen LogP contribution in [0.4, 0.5) is 0 Å². The number of hydrogen-bond acceptors (Lipinski definition) is 2. The molecule has 0 radical (unpaired) electrons. The lowest BCUT2D eigenvalue weighted by molar-refractivity contribution is 0.187. The summed E-state index contributed by atoms with van der Waals surface area (Å²) in [4.78, 5) is 0. The summed E-state index contributed by atoms with van der Waals surface area (Å²) in [5.41, 5.74) is 0.146.